The van der Waals surface area contributed by atoms with Crippen molar-refractivity contribution in [2.24, 2.45) is 5.92 Å². The summed E-state index contributed by atoms with van der Waals surface area (Å²) in [6, 6.07) is 0. The van der Waals surface area contributed by atoms with Crippen molar-refractivity contribution in [2.45, 2.75) is 44.6 Å². The first-order chi connectivity index (χ1) is 8.79. The molecule has 0 saturated carbocycles. The number of nitrogens with zero attached hydrogens (tertiary/aromatic N) is 1. The molecular formula is C14H26N2O2. The molecule has 2 aliphatic heterocycles. The minimum absolute atomic E-state index is 0.327. The van der Waals surface area contributed by atoms with Crippen LogP contribution < -0.4 is 5.32 Å². The molecular weight excluding hydrogens is 228 g/mol. The first-order valence-electron chi connectivity index (χ1n) is 7.33. The van der Waals surface area contributed by atoms with Crippen molar-refractivity contribution in [1.82, 2.24) is 10.2 Å². The lowest BCUT2D eigenvalue weighted by Crippen LogP contribution is -2.40. The quantitative estimate of drug-likeness (QED) is 0.806. The van der Waals surface area contributed by atoms with E-state index in [1.165, 1.54) is 0 Å². The molecule has 2 saturated heterocycles. The lowest BCUT2D eigenvalue weighted by molar-refractivity contribution is -0.133. The number of carbonyl (C=O) groups is 1. The van der Waals surface area contributed by atoms with Crippen LogP contribution in [0.3, 0.4) is 0 Å². The zero-order valence-electron chi connectivity index (χ0n) is 11.5. The number of hydrogen-bond acceptors (Lipinski definition) is 3. The van der Waals surface area contributed by atoms with E-state index in [1.54, 1.807) is 0 Å². The number of likely N-dealkylation sites (tertiary alicyclic amines) is 1. The zero-order chi connectivity index (χ0) is 12.8. The van der Waals surface area contributed by atoms with E-state index in [-0.39, 0.29) is 0 Å². The second kappa shape index (κ2) is 7.10. The van der Waals surface area contributed by atoms with Crippen LogP contribution in [0.2, 0.25) is 0 Å². The highest BCUT2D eigenvalue weighted by atomic mass is 16.5. The SMILES string of the molecule is CNCC1CCN(C(=O)CCC2CCCO2)CC1. The van der Waals surface area contributed by atoms with Gasteiger partial charge in [0.15, 0.2) is 0 Å². The summed E-state index contributed by atoms with van der Waals surface area (Å²) in [5.41, 5.74) is 0. The summed E-state index contributed by atoms with van der Waals surface area (Å²) in [7, 11) is 2.00. The second-order valence-corrected chi connectivity index (χ2v) is 5.56. The summed E-state index contributed by atoms with van der Waals surface area (Å²) in [5.74, 6) is 1.07. The smallest absolute Gasteiger partial charge is 0.222 e. The molecule has 1 unspecified atom stereocenters. The molecule has 0 aromatic rings. The van der Waals surface area contributed by atoms with Crippen LogP contribution in [0, 0.1) is 5.92 Å². The van der Waals surface area contributed by atoms with E-state index in [4.69, 9.17) is 4.74 Å². The maximum atomic E-state index is 12.1. The highest BCUT2D eigenvalue weighted by Crippen LogP contribution is 2.20. The number of ether oxygens (including phenoxy) is 1. The predicted molar refractivity (Wildman–Crippen MR) is 71.4 cm³/mol. The lowest BCUT2D eigenvalue weighted by atomic mass is 9.96. The molecule has 2 aliphatic rings. The van der Waals surface area contributed by atoms with Gasteiger partial charge in [-0.1, -0.05) is 0 Å². The predicted octanol–water partition coefficient (Wildman–Crippen LogP) is 1.40. The summed E-state index contributed by atoms with van der Waals surface area (Å²) < 4.78 is 5.56. The summed E-state index contributed by atoms with van der Waals surface area (Å²) >= 11 is 0. The average Bonchev–Trinajstić information content (AvgIpc) is 2.90. The van der Waals surface area contributed by atoms with Gasteiger partial charge < -0.3 is 15.0 Å². The third-order valence-electron chi connectivity index (χ3n) is 4.16. The number of carbonyl (C=O) groups excluding carboxylic acids is 1. The Hall–Kier alpha value is -0.610. The monoisotopic (exact) mass is 254 g/mol. The molecule has 2 rings (SSSR count). The minimum Gasteiger partial charge on any atom is -0.378 e. The highest BCUT2D eigenvalue weighted by Gasteiger charge is 2.23. The van der Waals surface area contributed by atoms with Gasteiger partial charge in [0.2, 0.25) is 5.91 Å². The Balaban J connectivity index is 1.64. The van der Waals surface area contributed by atoms with Crippen molar-refractivity contribution in [3.05, 3.63) is 0 Å². The largest absolute Gasteiger partial charge is 0.378 e. The number of amides is 1. The summed E-state index contributed by atoms with van der Waals surface area (Å²) in [5, 5.41) is 3.22. The van der Waals surface area contributed by atoms with E-state index in [0.29, 0.717) is 18.4 Å². The minimum atomic E-state index is 0.327. The molecule has 4 nitrogen and oxygen atoms in total. The van der Waals surface area contributed by atoms with Crippen LogP contribution in [-0.2, 0) is 9.53 Å². The Kier molecular flexibility index (Phi) is 5.45. The molecule has 1 atom stereocenters. The highest BCUT2D eigenvalue weighted by molar-refractivity contribution is 5.76. The Labute approximate surface area is 110 Å². The van der Waals surface area contributed by atoms with Crippen LogP contribution >= 0.6 is 0 Å². The average molecular weight is 254 g/mol. The Morgan fingerprint density at radius 1 is 1.33 bits per heavy atom. The fourth-order valence-electron chi connectivity index (χ4n) is 2.99. The van der Waals surface area contributed by atoms with Crippen molar-refractivity contribution in [1.29, 1.82) is 0 Å². The lowest BCUT2D eigenvalue weighted by Gasteiger charge is -2.32. The fourth-order valence-corrected chi connectivity index (χ4v) is 2.99. The first kappa shape index (κ1) is 13.8. The van der Waals surface area contributed by atoms with Crippen molar-refractivity contribution in [3.63, 3.8) is 0 Å². The van der Waals surface area contributed by atoms with Crippen LogP contribution in [0.15, 0.2) is 0 Å². The standard InChI is InChI=1S/C14H26N2O2/c1-15-11-12-6-8-16(9-7-12)14(17)5-4-13-3-2-10-18-13/h12-13,15H,2-11H2,1H3. The maximum absolute atomic E-state index is 12.1. The van der Waals surface area contributed by atoms with Crippen molar-refractivity contribution in [2.75, 3.05) is 33.3 Å². The number of nitrogens with one attached hydrogen (secondary N) is 1. The van der Waals surface area contributed by atoms with Gasteiger partial charge in [-0.2, -0.15) is 0 Å². The fraction of sp³-hybridized carbons (Fsp3) is 0.929. The van der Waals surface area contributed by atoms with E-state index in [9.17, 15) is 4.79 Å². The van der Waals surface area contributed by atoms with Crippen LogP contribution in [0.5, 0.6) is 0 Å². The van der Waals surface area contributed by atoms with Gasteiger partial charge in [0.05, 0.1) is 6.10 Å². The van der Waals surface area contributed by atoms with Gasteiger partial charge in [0.1, 0.15) is 0 Å². The van der Waals surface area contributed by atoms with Gasteiger partial charge in [-0.05, 0) is 51.6 Å². The number of rotatable bonds is 5. The summed E-state index contributed by atoms with van der Waals surface area (Å²) in [4.78, 5) is 14.1. The molecule has 2 heterocycles. The molecule has 18 heavy (non-hydrogen) atoms. The van der Waals surface area contributed by atoms with Crippen molar-refractivity contribution in [3.8, 4) is 0 Å². The van der Waals surface area contributed by atoms with Crippen LogP contribution in [-0.4, -0.2) is 50.2 Å². The van der Waals surface area contributed by atoms with Gasteiger partial charge >= 0.3 is 0 Å². The molecule has 1 amide bonds. The molecule has 0 aromatic heterocycles. The maximum Gasteiger partial charge on any atom is 0.222 e. The normalized spacial score (nSPS) is 25.6. The number of piperidine rings is 1. The van der Waals surface area contributed by atoms with Gasteiger partial charge in [-0.3, -0.25) is 4.79 Å². The molecule has 0 spiro atoms. The Morgan fingerprint density at radius 3 is 2.72 bits per heavy atom. The molecule has 0 aliphatic carbocycles. The molecule has 0 bridgehead atoms. The van der Waals surface area contributed by atoms with E-state index in [0.717, 1.165) is 64.3 Å². The van der Waals surface area contributed by atoms with Gasteiger partial charge in [-0.15, -0.1) is 0 Å². The van der Waals surface area contributed by atoms with Crippen LogP contribution in [0.4, 0.5) is 0 Å². The van der Waals surface area contributed by atoms with Gasteiger partial charge in [0, 0.05) is 26.1 Å². The first-order valence-corrected chi connectivity index (χ1v) is 7.33. The van der Waals surface area contributed by atoms with Crippen LogP contribution in [0.1, 0.15) is 38.5 Å². The van der Waals surface area contributed by atoms with E-state index in [2.05, 4.69) is 5.32 Å². The third kappa shape index (κ3) is 3.95. The molecule has 104 valence electrons. The van der Waals surface area contributed by atoms with Gasteiger partial charge in [-0.25, -0.2) is 0 Å². The molecule has 0 aromatic carbocycles. The second-order valence-electron chi connectivity index (χ2n) is 5.56. The van der Waals surface area contributed by atoms with Gasteiger partial charge in [0.25, 0.3) is 0 Å². The topological polar surface area (TPSA) is 41.6 Å². The van der Waals surface area contributed by atoms with Crippen molar-refractivity contribution < 1.29 is 9.53 Å². The third-order valence-corrected chi connectivity index (χ3v) is 4.16. The molecule has 0 radical (unpaired) electrons. The van der Waals surface area contributed by atoms with Crippen molar-refractivity contribution >= 4 is 5.91 Å². The Morgan fingerprint density at radius 2 is 2.11 bits per heavy atom. The van der Waals surface area contributed by atoms with E-state index >= 15 is 0 Å². The summed E-state index contributed by atoms with van der Waals surface area (Å²) in [6.07, 6.45) is 6.51. The Bertz CT molecular complexity index is 257. The van der Waals surface area contributed by atoms with Crippen LogP contribution in [0.25, 0.3) is 0 Å². The molecule has 4 heteroatoms. The molecule has 1 N–H and O–H groups in total. The molecule has 2 fully saturated rings. The van der Waals surface area contributed by atoms with E-state index < -0.39 is 0 Å². The zero-order valence-corrected chi connectivity index (χ0v) is 11.5. The summed E-state index contributed by atoms with van der Waals surface area (Å²) in [6.45, 7) is 3.85. The van der Waals surface area contributed by atoms with E-state index in [1.807, 2.05) is 11.9 Å². The number of hydrogen-bond donors (Lipinski definition) is 1.